The molecule has 0 saturated carbocycles. The molecular formula is C10H10N2O2. The lowest BCUT2D eigenvalue weighted by Gasteiger charge is -1.96. The number of carbonyl (C=O) groups excluding carboxylic acids is 1. The molecule has 0 saturated heterocycles. The van der Waals surface area contributed by atoms with Crippen molar-refractivity contribution in [2.24, 2.45) is 5.73 Å². The zero-order valence-corrected chi connectivity index (χ0v) is 7.78. The summed E-state index contributed by atoms with van der Waals surface area (Å²) in [5, 5.41) is 0. The predicted molar refractivity (Wildman–Crippen MR) is 51.5 cm³/mol. The summed E-state index contributed by atoms with van der Waals surface area (Å²) >= 11 is 0. The van der Waals surface area contributed by atoms with Crippen molar-refractivity contribution in [3.8, 4) is 17.7 Å². The summed E-state index contributed by atoms with van der Waals surface area (Å²) in [6, 6.07) is 5.23. The summed E-state index contributed by atoms with van der Waals surface area (Å²) in [6.07, 6.45) is 0.0406. The van der Waals surface area contributed by atoms with Crippen molar-refractivity contribution in [1.82, 2.24) is 4.98 Å². The lowest BCUT2D eigenvalue weighted by Crippen LogP contribution is -2.08. The molecule has 0 aliphatic heterocycles. The van der Waals surface area contributed by atoms with Gasteiger partial charge in [0.1, 0.15) is 5.69 Å². The molecule has 4 nitrogen and oxygen atoms in total. The molecule has 1 amide bonds. The van der Waals surface area contributed by atoms with Crippen molar-refractivity contribution in [3.63, 3.8) is 0 Å². The maximum absolute atomic E-state index is 10.4. The molecule has 0 aliphatic carbocycles. The molecule has 1 aromatic heterocycles. The topological polar surface area (TPSA) is 65.2 Å². The maximum Gasteiger partial charge on any atom is 0.229 e. The molecule has 0 spiro atoms. The van der Waals surface area contributed by atoms with Crippen molar-refractivity contribution in [3.05, 3.63) is 23.9 Å². The highest BCUT2D eigenvalue weighted by atomic mass is 16.5. The Morgan fingerprint density at radius 3 is 3.07 bits per heavy atom. The monoisotopic (exact) mass is 190 g/mol. The van der Waals surface area contributed by atoms with Gasteiger partial charge in [0.2, 0.25) is 11.8 Å². The van der Waals surface area contributed by atoms with Crippen molar-refractivity contribution in [1.29, 1.82) is 0 Å². The number of amides is 1. The molecule has 0 radical (unpaired) electrons. The quantitative estimate of drug-likeness (QED) is 0.683. The Balaban J connectivity index is 2.74. The van der Waals surface area contributed by atoms with E-state index in [1.807, 2.05) is 0 Å². The molecule has 0 aliphatic rings. The van der Waals surface area contributed by atoms with Gasteiger partial charge in [-0.1, -0.05) is 12.0 Å². The van der Waals surface area contributed by atoms with Gasteiger partial charge in [-0.25, -0.2) is 4.98 Å². The Kier molecular flexibility index (Phi) is 3.50. The van der Waals surface area contributed by atoms with E-state index in [2.05, 4.69) is 16.8 Å². The van der Waals surface area contributed by atoms with Gasteiger partial charge in [0.25, 0.3) is 0 Å². The fraction of sp³-hybridized carbons (Fsp3) is 0.200. The number of methoxy groups -OCH3 is 1. The van der Waals surface area contributed by atoms with Crippen LogP contribution in [0.4, 0.5) is 0 Å². The third kappa shape index (κ3) is 3.15. The number of ether oxygens (including phenoxy) is 1. The van der Waals surface area contributed by atoms with E-state index in [-0.39, 0.29) is 6.42 Å². The number of aromatic nitrogens is 1. The first-order valence-electron chi connectivity index (χ1n) is 4.00. The summed E-state index contributed by atoms with van der Waals surface area (Å²) in [5.41, 5.74) is 5.49. The molecule has 1 heterocycles. The van der Waals surface area contributed by atoms with E-state index in [9.17, 15) is 4.79 Å². The van der Waals surface area contributed by atoms with Gasteiger partial charge in [-0.2, -0.15) is 0 Å². The smallest absolute Gasteiger partial charge is 0.229 e. The Bertz CT molecular complexity index is 391. The van der Waals surface area contributed by atoms with Crippen LogP contribution in [-0.2, 0) is 4.79 Å². The normalized spacial score (nSPS) is 8.64. The van der Waals surface area contributed by atoms with E-state index in [4.69, 9.17) is 10.5 Å². The molecule has 0 atom stereocenters. The standard InChI is InChI=1S/C10H10N2O2/c1-14-10-7-3-5-8(12-10)4-2-6-9(11)13/h3,5,7H,6H2,1H3,(H2,11,13). The van der Waals surface area contributed by atoms with Gasteiger partial charge in [-0.15, -0.1) is 0 Å². The second-order valence-electron chi connectivity index (χ2n) is 2.51. The van der Waals surface area contributed by atoms with Gasteiger partial charge in [-0.3, -0.25) is 4.79 Å². The number of nitrogens with two attached hydrogens (primary N) is 1. The molecule has 2 N–H and O–H groups in total. The van der Waals surface area contributed by atoms with Gasteiger partial charge in [-0.05, 0) is 12.0 Å². The molecule has 72 valence electrons. The lowest BCUT2D eigenvalue weighted by atomic mass is 10.3. The van der Waals surface area contributed by atoms with Crippen LogP contribution < -0.4 is 10.5 Å². The molecule has 0 fully saturated rings. The Morgan fingerprint density at radius 2 is 2.43 bits per heavy atom. The largest absolute Gasteiger partial charge is 0.481 e. The first-order chi connectivity index (χ1) is 6.72. The lowest BCUT2D eigenvalue weighted by molar-refractivity contribution is -0.117. The molecule has 0 bridgehead atoms. The van der Waals surface area contributed by atoms with Gasteiger partial charge in [0.15, 0.2) is 0 Å². The average molecular weight is 190 g/mol. The number of primary amides is 1. The Hall–Kier alpha value is -2.02. The fourth-order valence-electron chi connectivity index (χ4n) is 0.820. The van der Waals surface area contributed by atoms with Crippen LogP contribution in [0.1, 0.15) is 12.1 Å². The van der Waals surface area contributed by atoms with Crippen molar-refractivity contribution in [2.45, 2.75) is 6.42 Å². The van der Waals surface area contributed by atoms with Gasteiger partial charge in [0.05, 0.1) is 13.5 Å². The molecule has 4 heteroatoms. The Labute approximate surface area is 82.1 Å². The highest BCUT2D eigenvalue weighted by molar-refractivity contribution is 5.76. The minimum absolute atomic E-state index is 0.0406. The second-order valence-corrected chi connectivity index (χ2v) is 2.51. The van der Waals surface area contributed by atoms with E-state index >= 15 is 0 Å². The molecule has 0 unspecified atom stereocenters. The van der Waals surface area contributed by atoms with Gasteiger partial charge >= 0.3 is 0 Å². The molecule has 14 heavy (non-hydrogen) atoms. The summed E-state index contributed by atoms with van der Waals surface area (Å²) < 4.78 is 4.91. The van der Waals surface area contributed by atoms with Crippen molar-refractivity contribution in [2.75, 3.05) is 7.11 Å². The van der Waals surface area contributed by atoms with E-state index in [0.717, 1.165) is 0 Å². The molecular weight excluding hydrogens is 180 g/mol. The van der Waals surface area contributed by atoms with Crippen LogP contribution in [0.15, 0.2) is 18.2 Å². The molecule has 1 rings (SSSR count). The van der Waals surface area contributed by atoms with E-state index in [1.165, 1.54) is 7.11 Å². The van der Waals surface area contributed by atoms with Crippen LogP contribution >= 0.6 is 0 Å². The molecule has 1 aromatic rings. The van der Waals surface area contributed by atoms with Crippen LogP contribution in [0.3, 0.4) is 0 Å². The third-order valence-corrected chi connectivity index (χ3v) is 1.41. The maximum atomic E-state index is 10.4. The highest BCUT2D eigenvalue weighted by Gasteiger charge is 1.93. The Morgan fingerprint density at radius 1 is 1.64 bits per heavy atom. The van der Waals surface area contributed by atoms with Gasteiger partial charge < -0.3 is 10.5 Å². The zero-order valence-electron chi connectivity index (χ0n) is 7.78. The third-order valence-electron chi connectivity index (χ3n) is 1.41. The summed E-state index contributed by atoms with van der Waals surface area (Å²) in [6.45, 7) is 0. The predicted octanol–water partition coefficient (Wildman–Crippen LogP) is 0.317. The molecule has 0 aromatic carbocycles. The first kappa shape index (κ1) is 10.1. The number of nitrogens with zero attached hydrogens (tertiary/aromatic N) is 1. The van der Waals surface area contributed by atoms with E-state index in [1.54, 1.807) is 18.2 Å². The van der Waals surface area contributed by atoms with Crippen molar-refractivity contribution < 1.29 is 9.53 Å². The second kappa shape index (κ2) is 4.87. The van der Waals surface area contributed by atoms with Crippen LogP contribution in [0.25, 0.3) is 0 Å². The summed E-state index contributed by atoms with van der Waals surface area (Å²) in [4.78, 5) is 14.4. The average Bonchev–Trinajstić information content (AvgIpc) is 2.18. The summed E-state index contributed by atoms with van der Waals surface area (Å²) in [7, 11) is 1.53. The minimum Gasteiger partial charge on any atom is -0.481 e. The number of hydrogen-bond acceptors (Lipinski definition) is 3. The van der Waals surface area contributed by atoms with Crippen LogP contribution in [-0.4, -0.2) is 18.0 Å². The van der Waals surface area contributed by atoms with E-state index in [0.29, 0.717) is 11.6 Å². The number of carbonyl (C=O) groups is 1. The number of pyridine rings is 1. The van der Waals surface area contributed by atoms with Crippen LogP contribution in [0.2, 0.25) is 0 Å². The van der Waals surface area contributed by atoms with Crippen LogP contribution in [0, 0.1) is 11.8 Å². The highest BCUT2D eigenvalue weighted by Crippen LogP contribution is 2.04. The minimum atomic E-state index is -0.444. The summed E-state index contributed by atoms with van der Waals surface area (Å²) in [5.74, 6) is 5.37. The number of rotatable bonds is 2. The van der Waals surface area contributed by atoms with Crippen molar-refractivity contribution >= 4 is 5.91 Å². The zero-order chi connectivity index (χ0) is 10.4. The SMILES string of the molecule is COc1cccc(C#CCC(N)=O)n1. The van der Waals surface area contributed by atoms with Crippen LogP contribution in [0.5, 0.6) is 5.88 Å². The number of hydrogen-bond donors (Lipinski definition) is 1. The van der Waals surface area contributed by atoms with E-state index < -0.39 is 5.91 Å². The van der Waals surface area contributed by atoms with Gasteiger partial charge in [0, 0.05) is 6.07 Å². The fourth-order valence-corrected chi connectivity index (χ4v) is 0.820. The first-order valence-corrected chi connectivity index (χ1v) is 4.00.